The van der Waals surface area contributed by atoms with Crippen molar-refractivity contribution in [1.82, 2.24) is 10.2 Å². The van der Waals surface area contributed by atoms with Crippen LogP contribution in [0.1, 0.15) is 45.4 Å². The molecule has 0 aromatic rings. The van der Waals surface area contributed by atoms with Gasteiger partial charge in [-0.3, -0.25) is 4.90 Å². The highest BCUT2D eigenvalue weighted by atomic mass is 16.5. The minimum Gasteiger partial charge on any atom is -0.377 e. The Hall–Kier alpha value is -0.120. The van der Waals surface area contributed by atoms with E-state index in [0.717, 1.165) is 18.7 Å². The molecule has 4 unspecified atom stereocenters. The highest BCUT2D eigenvalue weighted by molar-refractivity contribution is 4.95. The lowest BCUT2D eigenvalue weighted by Gasteiger charge is -2.43. The largest absolute Gasteiger partial charge is 0.377 e. The van der Waals surface area contributed by atoms with Crippen LogP contribution in [0.2, 0.25) is 0 Å². The molecule has 0 aliphatic carbocycles. The average Bonchev–Trinajstić information content (AvgIpc) is 3.00. The van der Waals surface area contributed by atoms with E-state index in [1.807, 2.05) is 0 Å². The SMILES string of the molecule is CC1OCCC1N1CCCCC1C1CCCN1. The van der Waals surface area contributed by atoms with Gasteiger partial charge in [0.1, 0.15) is 0 Å². The second-order valence-corrected chi connectivity index (χ2v) is 5.94. The summed E-state index contributed by atoms with van der Waals surface area (Å²) in [7, 11) is 0. The van der Waals surface area contributed by atoms with Gasteiger partial charge in [-0.25, -0.2) is 0 Å². The van der Waals surface area contributed by atoms with Crippen LogP contribution in [0, 0.1) is 0 Å². The van der Waals surface area contributed by atoms with Crippen LogP contribution < -0.4 is 5.32 Å². The van der Waals surface area contributed by atoms with Crippen molar-refractivity contribution < 1.29 is 4.74 Å². The molecule has 3 saturated heterocycles. The molecule has 0 saturated carbocycles. The Labute approximate surface area is 105 Å². The zero-order chi connectivity index (χ0) is 11.7. The lowest BCUT2D eigenvalue weighted by molar-refractivity contribution is 0.0267. The van der Waals surface area contributed by atoms with Gasteiger partial charge in [0, 0.05) is 24.7 Å². The first-order chi connectivity index (χ1) is 8.36. The Kier molecular flexibility index (Phi) is 3.69. The first-order valence-electron chi connectivity index (χ1n) is 7.47. The topological polar surface area (TPSA) is 24.5 Å². The van der Waals surface area contributed by atoms with E-state index in [-0.39, 0.29) is 0 Å². The Morgan fingerprint density at radius 2 is 2.00 bits per heavy atom. The molecule has 3 rings (SSSR count). The molecule has 3 heteroatoms. The number of ether oxygens (including phenoxy) is 1. The Morgan fingerprint density at radius 3 is 2.71 bits per heavy atom. The maximum Gasteiger partial charge on any atom is 0.0703 e. The van der Waals surface area contributed by atoms with Gasteiger partial charge in [-0.2, -0.15) is 0 Å². The molecule has 17 heavy (non-hydrogen) atoms. The van der Waals surface area contributed by atoms with Gasteiger partial charge in [0.25, 0.3) is 0 Å². The molecule has 3 fully saturated rings. The predicted octanol–water partition coefficient (Wildman–Crippen LogP) is 1.77. The van der Waals surface area contributed by atoms with Crippen molar-refractivity contribution in [2.75, 3.05) is 19.7 Å². The summed E-state index contributed by atoms with van der Waals surface area (Å²) in [5, 5.41) is 3.71. The summed E-state index contributed by atoms with van der Waals surface area (Å²) in [4.78, 5) is 2.78. The van der Waals surface area contributed by atoms with Crippen molar-refractivity contribution in [2.45, 2.75) is 69.7 Å². The third kappa shape index (κ3) is 2.38. The second kappa shape index (κ2) is 5.25. The zero-order valence-corrected chi connectivity index (χ0v) is 11.0. The van der Waals surface area contributed by atoms with Gasteiger partial charge in [-0.15, -0.1) is 0 Å². The molecule has 3 nitrogen and oxygen atoms in total. The van der Waals surface area contributed by atoms with Gasteiger partial charge in [0.05, 0.1) is 6.10 Å². The Bertz CT molecular complexity index is 253. The summed E-state index contributed by atoms with van der Waals surface area (Å²) < 4.78 is 5.77. The van der Waals surface area contributed by atoms with Crippen molar-refractivity contribution in [2.24, 2.45) is 0 Å². The Balaban J connectivity index is 1.70. The van der Waals surface area contributed by atoms with Crippen LogP contribution in [0.25, 0.3) is 0 Å². The van der Waals surface area contributed by atoms with E-state index < -0.39 is 0 Å². The molecule has 0 aromatic heterocycles. The molecule has 3 aliphatic heterocycles. The maximum absolute atomic E-state index is 5.77. The van der Waals surface area contributed by atoms with E-state index in [4.69, 9.17) is 4.74 Å². The van der Waals surface area contributed by atoms with Crippen LogP contribution in [0.5, 0.6) is 0 Å². The fourth-order valence-electron chi connectivity index (χ4n) is 4.02. The lowest BCUT2D eigenvalue weighted by Crippen LogP contribution is -2.55. The summed E-state index contributed by atoms with van der Waals surface area (Å²) in [5.74, 6) is 0. The normalized spacial score (nSPS) is 44.3. The number of hydrogen-bond donors (Lipinski definition) is 1. The summed E-state index contributed by atoms with van der Waals surface area (Å²) >= 11 is 0. The first-order valence-corrected chi connectivity index (χ1v) is 7.47. The van der Waals surface area contributed by atoms with Crippen molar-refractivity contribution >= 4 is 0 Å². The number of piperidine rings is 1. The van der Waals surface area contributed by atoms with Gasteiger partial charge in [-0.1, -0.05) is 6.42 Å². The van der Waals surface area contributed by atoms with Crippen molar-refractivity contribution in [3.8, 4) is 0 Å². The van der Waals surface area contributed by atoms with Gasteiger partial charge in [0.15, 0.2) is 0 Å². The van der Waals surface area contributed by atoms with Crippen LogP contribution >= 0.6 is 0 Å². The molecule has 0 aromatic carbocycles. The third-order valence-corrected chi connectivity index (χ3v) is 4.92. The third-order valence-electron chi connectivity index (χ3n) is 4.92. The molecule has 4 atom stereocenters. The van der Waals surface area contributed by atoms with E-state index in [2.05, 4.69) is 17.1 Å². The Morgan fingerprint density at radius 1 is 1.06 bits per heavy atom. The first kappa shape index (κ1) is 11.9. The summed E-state index contributed by atoms with van der Waals surface area (Å²) in [6, 6.07) is 2.21. The maximum atomic E-state index is 5.77. The number of rotatable bonds is 2. The summed E-state index contributed by atoms with van der Waals surface area (Å²) in [6.07, 6.45) is 8.62. The zero-order valence-electron chi connectivity index (χ0n) is 11.0. The molecule has 3 heterocycles. The number of nitrogens with one attached hydrogen (secondary N) is 1. The minimum absolute atomic E-state index is 0.442. The fourth-order valence-corrected chi connectivity index (χ4v) is 4.02. The minimum atomic E-state index is 0.442. The molecular weight excluding hydrogens is 212 g/mol. The van der Waals surface area contributed by atoms with E-state index in [1.165, 1.54) is 51.6 Å². The van der Waals surface area contributed by atoms with Crippen molar-refractivity contribution in [1.29, 1.82) is 0 Å². The highest BCUT2D eigenvalue weighted by Crippen LogP contribution is 2.30. The van der Waals surface area contributed by atoms with E-state index in [1.54, 1.807) is 0 Å². The van der Waals surface area contributed by atoms with E-state index in [0.29, 0.717) is 12.1 Å². The molecule has 3 aliphatic rings. The quantitative estimate of drug-likeness (QED) is 0.793. The molecule has 0 spiro atoms. The summed E-state index contributed by atoms with van der Waals surface area (Å²) in [6.45, 7) is 5.74. The van der Waals surface area contributed by atoms with Crippen molar-refractivity contribution in [3.05, 3.63) is 0 Å². The molecule has 98 valence electrons. The van der Waals surface area contributed by atoms with Crippen molar-refractivity contribution in [3.63, 3.8) is 0 Å². The van der Waals surface area contributed by atoms with Gasteiger partial charge in [-0.05, 0) is 52.1 Å². The van der Waals surface area contributed by atoms with Crippen LogP contribution in [-0.4, -0.2) is 48.8 Å². The van der Waals surface area contributed by atoms with Gasteiger partial charge < -0.3 is 10.1 Å². The monoisotopic (exact) mass is 238 g/mol. The van der Waals surface area contributed by atoms with Gasteiger partial charge in [0.2, 0.25) is 0 Å². The lowest BCUT2D eigenvalue weighted by atomic mass is 9.91. The molecule has 0 amide bonds. The van der Waals surface area contributed by atoms with Crippen LogP contribution in [0.4, 0.5) is 0 Å². The molecule has 0 radical (unpaired) electrons. The fraction of sp³-hybridized carbons (Fsp3) is 1.00. The molecular formula is C14H26N2O. The second-order valence-electron chi connectivity index (χ2n) is 5.94. The van der Waals surface area contributed by atoms with Crippen LogP contribution in [0.3, 0.4) is 0 Å². The highest BCUT2D eigenvalue weighted by Gasteiger charge is 2.39. The van der Waals surface area contributed by atoms with Crippen LogP contribution in [0.15, 0.2) is 0 Å². The summed E-state index contributed by atoms with van der Waals surface area (Å²) in [5.41, 5.74) is 0. The predicted molar refractivity (Wildman–Crippen MR) is 69.2 cm³/mol. The smallest absolute Gasteiger partial charge is 0.0703 e. The standard InChI is InChI=1S/C14H26N2O/c1-11-13(7-10-17-11)16-9-3-2-6-14(16)12-5-4-8-15-12/h11-15H,2-10H2,1H3. The van der Waals surface area contributed by atoms with Crippen LogP contribution in [-0.2, 0) is 4.74 Å². The number of hydrogen-bond acceptors (Lipinski definition) is 3. The van der Waals surface area contributed by atoms with E-state index >= 15 is 0 Å². The van der Waals surface area contributed by atoms with Gasteiger partial charge >= 0.3 is 0 Å². The van der Waals surface area contributed by atoms with E-state index in [9.17, 15) is 0 Å². The number of nitrogens with zero attached hydrogens (tertiary/aromatic N) is 1. The molecule has 0 bridgehead atoms. The average molecular weight is 238 g/mol. The number of likely N-dealkylation sites (tertiary alicyclic amines) is 1. The molecule has 1 N–H and O–H groups in total.